The van der Waals surface area contributed by atoms with Crippen molar-refractivity contribution in [2.45, 2.75) is 59.3 Å². The normalized spacial score (nSPS) is 13.7. The van der Waals surface area contributed by atoms with E-state index in [9.17, 15) is 0 Å². The molecule has 0 N–H and O–H groups in total. The van der Waals surface area contributed by atoms with E-state index < -0.39 is 0 Å². The van der Waals surface area contributed by atoms with Gasteiger partial charge in [-0.3, -0.25) is 0 Å². The number of hydrogen-bond donors (Lipinski definition) is 0. The van der Waals surface area contributed by atoms with E-state index in [2.05, 4.69) is 147 Å². The summed E-state index contributed by atoms with van der Waals surface area (Å²) in [4.78, 5) is 12.9. The first-order valence-corrected chi connectivity index (χ1v) is 17.1. The fourth-order valence-corrected chi connectivity index (χ4v) is 6.40. The summed E-state index contributed by atoms with van der Waals surface area (Å²) in [5, 5.41) is 19.6. The molecule has 0 unspecified atom stereocenters. The van der Waals surface area contributed by atoms with Crippen molar-refractivity contribution < 1.29 is 21.1 Å². The Morgan fingerprint density at radius 2 is 1.08 bits per heavy atom. The minimum Gasteiger partial charge on any atom is -0.657 e. The zero-order chi connectivity index (χ0) is 35.7. The van der Waals surface area contributed by atoms with Gasteiger partial charge in [-0.2, -0.15) is 23.9 Å². The summed E-state index contributed by atoms with van der Waals surface area (Å²) >= 11 is 0. The molecule has 2 aliphatic heterocycles. The van der Waals surface area contributed by atoms with Gasteiger partial charge < -0.3 is 24.6 Å². The van der Waals surface area contributed by atoms with E-state index in [-0.39, 0.29) is 21.1 Å². The molecule has 0 radical (unpaired) electrons. The topological polar surface area (TPSA) is 74.6 Å². The van der Waals surface area contributed by atoms with Crippen LogP contribution in [-0.4, -0.2) is 23.9 Å². The van der Waals surface area contributed by atoms with Gasteiger partial charge in [0.25, 0.3) is 0 Å². The molecule has 4 aromatic carbocycles. The first-order chi connectivity index (χ1) is 23.9. The van der Waals surface area contributed by atoms with E-state index in [4.69, 9.17) is 10.5 Å². The molecule has 2 aliphatic rings. The molecule has 0 spiro atoms. The van der Waals surface area contributed by atoms with E-state index in [0.29, 0.717) is 28.9 Å². The van der Waals surface area contributed by atoms with Crippen LogP contribution in [0, 0.1) is 42.1 Å². The fourth-order valence-electron chi connectivity index (χ4n) is 6.40. The Balaban J connectivity index is 0.000000235. The van der Waals surface area contributed by atoms with Crippen molar-refractivity contribution in [1.29, 1.82) is 10.5 Å². The number of nitriles is 2. The Hall–Kier alpha value is -4.97. The molecule has 0 atom stereocenters. The van der Waals surface area contributed by atoms with Crippen molar-refractivity contribution in [1.82, 2.24) is 14.8 Å². The van der Waals surface area contributed by atoms with Gasteiger partial charge in [-0.05, 0) is 114 Å². The average Bonchev–Trinajstić information content (AvgIpc) is 3.85. The second kappa shape index (κ2) is 15.5. The van der Waals surface area contributed by atoms with Crippen LogP contribution < -0.4 is 14.8 Å². The summed E-state index contributed by atoms with van der Waals surface area (Å²) in [6, 6.07) is 28.1. The van der Waals surface area contributed by atoms with Crippen LogP contribution in [-0.2, 0) is 21.1 Å². The number of anilines is 2. The summed E-state index contributed by atoms with van der Waals surface area (Å²) in [6.07, 6.45) is 8.30. The summed E-state index contributed by atoms with van der Waals surface area (Å²) in [7, 11) is 4.09. The molecule has 0 fully saturated rings. The largest absolute Gasteiger partial charge is 4.00 e. The van der Waals surface area contributed by atoms with Gasteiger partial charge >= 0.3 is 21.1 Å². The van der Waals surface area contributed by atoms with Crippen LogP contribution in [0.3, 0.4) is 0 Å². The SMILES string of the molecule is CC(C)c1cc(C(C)C)c(-c2cc(N3C=CN(C)[CH-]3)[c-]c(N3C=CN(C)[CH-]3)c2)c(C(C)C)c1.N#Cc1ccc2[n-]c3ccc(C#N)cc3c2c1.[Pt+4]. The number of benzene rings is 4. The third kappa shape index (κ3) is 7.85. The van der Waals surface area contributed by atoms with Crippen LogP contribution in [0.25, 0.3) is 32.9 Å². The van der Waals surface area contributed by atoms with Gasteiger partial charge in [-0.25, -0.2) is 0 Å². The maximum atomic E-state index is 8.88. The zero-order valence-electron chi connectivity index (χ0n) is 30.4. The van der Waals surface area contributed by atoms with Crippen molar-refractivity contribution in [3.05, 3.63) is 133 Å². The van der Waals surface area contributed by atoms with Crippen molar-refractivity contribution in [2.75, 3.05) is 23.9 Å². The molecule has 3 heterocycles. The van der Waals surface area contributed by atoms with Gasteiger partial charge in [0.1, 0.15) is 0 Å². The van der Waals surface area contributed by atoms with Crippen LogP contribution in [0.5, 0.6) is 0 Å². The fraction of sp³-hybridized carbons (Fsp3) is 0.256. The molecule has 260 valence electrons. The van der Waals surface area contributed by atoms with Crippen molar-refractivity contribution in [3.63, 3.8) is 0 Å². The van der Waals surface area contributed by atoms with E-state index >= 15 is 0 Å². The smallest absolute Gasteiger partial charge is 0.657 e. The van der Waals surface area contributed by atoms with Crippen LogP contribution in [0.15, 0.2) is 85.5 Å². The summed E-state index contributed by atoms with van der Waals surface area (Å²) in [5.41, 5.74) is 11.9. The third-order valence-electron chi connectivity index (χ3n) is 9.14. The Labute approximate surface area is 317 Å². The molecular weight excluding hydrogens is 810 g/mol. The molecule has 7 nitrogen and oxygen atoms in total. The zero-order valence-corrected chi connectivity index (χ0v) is 32.7. The molecule has 5 aromatic rings. The van der Waals surface area contributed by atoms with E-state index in [1.165, 1.54) is 27.8 Å². The predicted octanol–water partition coefficient (Wildman–Crippen LogP) is 9.90. The van der Waals surface area contributed by atoms with Gasteiger partial charge in [0.15, 0.2) is 0 Å². The number of hydrogen-bond acceptors (Lipinski definition) is 6. The number of nitrogens with zero attached hydrogens (tertiary/aromatic N) is 7. The average molecular weight is 853 g/mol. The third-order valence-corrected chi connectivity index (χ3v) is 9.14. The Morgan fingerprint density at radius 3 is 1.43 bits per heavy atom. The molecule has 0 saturated carbocycles. The van der Waals surface area contributed by atoms with Gasteiger partial charge in [0.2, 0.25) is 0 Å². The molecule has 0 bridgehead atoms. The van der Waals surface area contributed by atoms with Gasteiger partial charge in [-0.15, -0.1) is 46.2 Å². The maximum Gasteiger partial charge on any atom is 4.00 e. The second-order valence-electron chi connectivity index (χ2n) is 13.9. The molecule has 7 rings (SSSR count). The summed E-state index contributed by atoms with van der Waals surface area (Å²) < 4.78 is 0. The van der Waals surface area contributed by atoms with Crippen LogP contribution in [0.2, 0.25) is 0 Å². The Morgan fingerprint density at radius 1 is 0.627 bits per heavy atom. The predicted molar refractivity (Wildman–Crippen MR) is 205 cm³/mol. The Bertz CT molecular complexity index is 2050. The molecule has 51 heavy (non-hydrogen) atoms. The number of rotatable bonds is 6. The maximum absolute atomic E-state index is 8.88. The molecule has 0 amide bonds. The van der Waals surface area contributed by atoms with E-state index in [0.717, 1.165) is 33.2 Å². The van der Waals surface area contributed by atoms with Crippen LogP contribution >= 0.6 is 0 Å². The van der Waals surface area contributed by atoms with Crippen molar-refractivity contribution in [2.24, 2.45) is 0 Å². The van der Waals surface area contributed by atoms with Gasteiger partial charge in [0, 0.05) is 0 Å². The van der Waals surface area contributed by atoms with Crippen LogP contribution in [0.1, 0.15) is 87.1 Å². The molecule has 8 heteroatoms. The molecule has 0 saturated heterocycles. The summed E-state index contributed by atoms with van der Waals surface area (Å²) in [5.74, 6) is 1.37. The first kappa shape index (κ1) is 37.3. The van der Waals surface area contributed by atoms with E-state index in [1.54, 1.807) is 12.1 Å². The number of aromatic nitrogens is 1. The quantitative estimate of drug-likeness (QED) is 0.158. The molecular formula is C43H43N7Pt. The van der Waals surface area contributed by atoms with E-state index in [1.807, 2.05) is 38.4 Å². The minimum absolute atomic E-state index is 0. The van der Waals surface area contributed by atoms with Crippen molar-refractivity contribution >= 4 is 33.2 Å². The Kier molecular flexibility index (Phi) is 11.3. The summed E-state index contributed by atoms with van der Waals surface area (Å²) in [6.45, 7) is 18.0. The van der Waals surface area contributed by atoms with Gasteiger partial charge in [0.05, 0.1) is 23.3 Å². The van der Waals surface area contributed by atoms with Gasteiger partial charge in [-0.1, -0.05) is 65.8 Å². The number of fused-ring (bicyclic) bond motifs is 3. The van der Waals surface area contributed by atoms with Crippen molar-refractivity contribution in [3.8, 4) is 23.3 Å². The molecule has 1 aromatic heterocycles. The second-order valence-corrected chi connectivity index (χ2v) is 13.9. The molecule has 0 aliphatic carbocycles. The minimum atomic E-state index is 0. The monoisotopic (exact) mass is 852 g/mol. The van der Waals surface area contributed by atoms with Crippen LogP contribution in [0.4, 0.5) is 11.4 Å². The first-order valence-electron chi connectivity index (χ1n) is 17.1. The standard InChI is InChI=1S/C29H37N4.C14H6N3.Pt/c1-20(2)23-15-27(21(3)4)29(28(16-23)22(5)6)24-13-25(32-11-9-30(7)18-32)17-26(14-24)33-12-10-31(8)19-33;15-7-9-1-3-13-11(5-9)12-6-10(8-16)2-4-14(12)17-13;/h9-16,18-22H,1-8H3;1-6H;/q-3;-1;+4.